The summed E-state index contributed by atoms with van der Waals surface area (Å²) in [4.78, 5) is 14.5. The fraction of sp³-hybridized carbons (Fsp3) is 0.348. The minimum atomic E-state index is -3.31. The normalized spacial score (nSPS) is 18.4. The highest BCUT2D eigenvalue weighted by atomic mass is 35.5. The summed E-state index contributed by atoms with van der Waals surface area (Å²) < 4.78 is 43.0. The van der Waals surface area contributed by atoms with Gasteiger partial charge in [-0.15, -0.1) is 0 Å². The zero-order valence-corrected chi connectivity index (χ0v) is 19.5. The first kappa shape index (κ1) is 24.2. The summed E-state index contributed by atoms with van der Waals surface area (Å²) in [7, 11) is -3.31. The van der Waals surface area contributed by atoms with Crippen LogP contribution in [0.2, 0.25) is 5.02 Å². The van der Waals surface area contributed by atoms with Gasteiger partial charge in [-0.2, -0.15) is 0 Å². The van der Waals surface area contributed by atoms with E-state index in [1.54, 1.807) is 13.0 Å². The van der Waals surface area contributed by atoms with E-state index in [0.717, 1.165) is 17.2 Å². The van der Waals surface area contributed by atoms with E-state index in [1.165, 1.54) is 18.2 Å². The van der Waals surface area contributed by atoms with E-state index in [4.69, 9.17) is 16.3 Å². The summed E-state index contributed by atoms with van der Waals surface area (Å²) in [5, 5.41) is 4.22. The topological polar surface area (TPSA) is 75.7 Å². The van der Waals surface area contributed by atoms with E-state index in [-0.39, 0.29) is 11.6 Å². The van der Waals surface area contributed by atoms with Crippen LogP contribution in [0, 0.1) is 5.82 Å². The number of hydrogen-bond donors (Lipinski definition) is 1. The van der Waals surface area contributed by atoms with Crippen LogP contribution in [0.1, 0.15) is 35.3 Å². The number of hydrogen-bond acceptors (Lipinski definition) is 5. The van der Waals surface area contributed by atoms with Crippen molar-refractivity contribution in [1.82, 2.24) is 5.32 Å². The molecule has 1 saturated heterocycles. The van der Waals surface area contributed by atoms with Gasteiger partial charge < -0.3 is 15.0 Å². The van der Waals surface area contributed by atoms with Gasteiger partial charge in [-0.1, -0.05) is 35.9 Å². The van der Waals surface area contributed by atoms with Crippen molar-refractivity contribution < 1.29 is 22.3 Å². The van der Waals surface area contributed by atoms with Gasteiger partial charge in [-0.05, 0) is 43.2 Å². The van der Waals surface area contributed by atoms with Crippen LogP contribution in [0.4, 0.5) is 10.1 Å². The molecule has 1 heterocycles. The second kappa shape index (κ2) is 10.5. The van der Waals surface area contributed by atoms with Crippen LogP contribution in [0.5, 0.6) is 0 Å². The second-order valence-electron chi connectivity index (χ2n) is 7.72. The molecule has 32 heavy (non-hydrogen) atoms. The van der Waals surface area contributed by atoms with E-state index >= 15 is 0 Å². The first-order chi connectivity index (χ1) is 15.2. The van der Waals surface area contributed by atoms with Gasteiger partial charge in [0.05, 0.1) is 18.2 Å². The van der Waals surface area contributed by atoms with Crippen molar-refractivity contribution in [3.63, 3.8) is 0 Å². The molecular formula is C23H26ClFN2O4S. The van der Waals surface area contributed by atoms with Gasteiger partial charge in [-0.3, -0.25) is 4.79 Å². The molecule has 2 aromatic rings. The Bertz CT molecular complexity index is 1110. The number of sulfone groups is 1. The molecule has 2 aromatic carbocycles. The van der Waals surface area contributed by atoms with Crippen LogP contribution in [-0.2, 0) is 14.6 Å². The number of anilines is 1. The molecule has 0 saturated carbocycles. The number of ether oxygens (including phenoxy) is 1. The van der Waals surface area contributed by atoms with E-state index < -0.39 is 27.6 Å². The molecule has 0 aliphatic carbocycles. The Kier molecular flexibility index (Phi) is 7.92. The lowest BCUT2D eigenvalue weighted by Gasteiger charge is -2.32. The molecule has 3 rings (SSSR count). The molecule has 0 aromatic heterocycles. The van der Waals surface area contributed by atoms with E-state index in [1.807, 2.05) is 29.2 Å². The minimum absolute atomic E-state index is 0.0913. The van der Waals surface area contributed by atoms with Gasteiger partial charge in [0.1, 0.15) is 5.82 Å². The molecular weight excluding hydrogens is 455 g/mol. The van der Waals surface area contributed by atoms with Crippen molar-refractivity contribution in [2.24, 2.45) is 0 Å². The monoisotopic (exact) mass is 480 g/mol. The summed E-state index contributed by atoms with van der Waals surface area (Å²) in [6.45, 7) is 3.22. The summed E-state index contributed by atoms with van der Waals surface area (Å²) in [5.41, 5.74) is 1.45. The Morgan fingerprint density at radius 2 is 2.03 bits per heavy atom. The fourth-order valence-corrected chi connectivity index (χ4v) is 4.39. The van der Waals surface area contributed by atoms with E-state index in [2.05, 4.69) is 5.32 Å². The molecule has 1 fully saturated rings. The van der Waals surface area contributed by atoms with Gasteiger partial charge in [0.25, 0.3) is 5.91 Å². The summed E-state index contributed by atoms with van der Waals surface area (Å²) in [5.74, 6) is -1.29. The van der Waals surface area contributed by atoms with Crippen LogP contribution >= 0.6 is 11.6 Å². The van der Waals surface area contributed by atoms with Gasteiger partial charge in [0, 0.05) is 41.6 Å². The summed E-state index contributed by atoms with van der Waals surface area (Å²) in [6.07, 6.45) is 3.09. The van der Waals surface area contributed by atoms with Crippen molar-refractivity contribution in [3.05, 3.63) is 75.9 Å². The number of carbonyl (C=O) groups is 1. The Labute approximate surface area is 192 Å². The van der Waals surface area contributed by atoms with Gasteiger partial charge >= 0.3 is 0 Å². The zero-order chi connectivity index (χ0) is 23.3. The fourth-order valence-electron chi connectivity index (χ4n) is 3.61. The third-order valence-corrected chi connectivity index (χ3v) is 6.15. The quantitative estimate of drug-likeness (QED) is 0.673. The molecule has 0 spiro atoms. The highest BCUT2D eigenvalue weighted by Crippen LogP contribution is 2.35. The number of nitrogens with one attached hydrogen (secondary N) is 1. The molecule has 1 N–H and O–H groups in total. The molecule has 172 valence electrons. The van der Waals surface area contributed by atoms with Gasteiger partial charge in [-0.25, -0.2) is 12.8 Å². The number of carbonyl (C=O) groups excluding carboxylic acids is 1. The molecule has 6 nitrogen and oxygen atoms in total. The molecule has 1 amide bonds. The number of nitrogens with zero attached hydrogens (tertiary/aromatic N) is 1. The SMILES string of the molecule is C[C@H](/C=C/S(C)(=O)=O)NC(=O)c1ccc(N2CCOCCC2c2ccccc2Cl)cc1F. The van der Waals surface area contributed by atoms with Crippen LogP contribution < -0.4 is 10.2 Å². The number of benzene rings is 2. The minimum Gasteiger partial charge on any atom is -0.380 e. The lowest BCUT2D eigenvalue weighted by Crippen LogP contribution is -2.32. The number of halogens is 2. The van der Waals surface area contributed by atoms with Crippen LogP contribution in [0.3, 0.4) is 0 Å². The maximum absolute atomic E-state index is 14.9. The van der Waals surface area contributed by atoms with Crippen LogP contribution in [0.25, 0.3) is 0 Å². The highest BCUT2D eigenvalue weighted by molar-refractivity contribution is 7.93. The van der Waals surface area contributed by atoms with Crippen molar-refractivity contribution >= 4 is 33.0 Å². The van der Waals surface area contributed by atoms with Crippen molar-refractivity contribution in [1.29, 1.82) is 0 Å². The predicted molar refractivity (Wildman–Crippen MR) is 124 cm³/mol. The highest BCUT2D eigenvalue weighted by Gasteiger charge is 2.26. The largest absolute Gasteiger partial charge is 0.380 e. The smallest absolute Gasteiger partial charge is 0.254 e. The number of amides is 1. The molecule has 1 aliphatic heterocycles. The molecule has 0 bridgehead atoms. The van der Waals surface area contributed by atoms with E-state index in [0.29, 0.717) is 36.9 Å². The Balaban J connectivity index is 1.83. The van der Waals surface area contributed by atoms with Crippen molar-refractivity contribution in [2.75, 3.05) is 30.9 Å². The average Bonchev–Trinajstić information content (AvgIpc) is 2.98. The second-order valence-corrected chi connectivity index (χ2v) is 10.1. The predicted octanol–water partition coefficient (Wildman–Crippen LogP) is 4.12. The van der Waals surface area contributed by atoms with Crippen molar-refractivity contribution in [3.8, 4) is 0 Å². The molecule has 2 atom stereocenters. The van der Waals surface area contributed by atoms with Crippen molar-refractivity contribution in [2.45, 2.75) is 25.4 Å². The average molecular weight is 481 g/mol. The third kappa shape index (κ3) is 6.31. The molecule has 9 heteroatoms. The maximum atomic E-state index is 14.9. The maximum Gasteiger partial charge on any atom is 0.254 e. The molecule has 1 aliphatic rings. The van der Waals surface area contributed by atoms with Gasteiger partial charge in [0.2, 0.25) is 0 Å². The molecule has 1 unspecified atom stereocenters. The zero-order valence-electron chi connectivity index (χ0n) is 17.9. The molecule has 0 radical (unpaired) electrons. The Hall–Kier alpha value is -2.42. The third-order valence-electron chi connectivity index (χ3n) is 5.15. The lowest BCUT2D eigenvalue weighted by atomic mass is 10.0. The van der Waals surface area contributed by atoms with E-state index in [9.17, 15) is 17.6 Å². The van der Waals surface area contributed by atoms with Crippen LogP contribution in [-0.4, -0.2) is 46.4 Å². The Morgan fingerprint density at radius 1 is 1.28 bits per heavy atom. The van der Waals surface area contributed by atoms with Crippen LogP contribution in [0.15, 0.2) is 53.9 Å². The summed E-state index contributed by atoms with van der Waals surface area (Å²) >= 11 is 6.43. The standard InChI is InChI=1S/C23H26ClFN2O4S/c1-16(10-14-32(2,29)30)26-23(28)19-8-7-17(15-21(19)25)27-11-13-31-12-9-22(27)18-5-3-4-6-20(18)24/h3-8,10,14-16,22H,9,11-13H2,1-2H3,(H,26,28)/b14-10+/t16-,22?/m1/s1. The first-order valence-electron chi connectivity index (χ1n) is 10.2. The lowest BCUT2D eigenvalue weighted by molar-refractivity contribution is 0.0943. The Morgan fingerprint density at radius 3 is 2.72 bits per heavy atom. The first-order valence-corrected chi connectivity index (χ1v) is 12.6. The summed E-state index contributed by atoms with van der Waals surface area (Å²) in [6, 6.07) is 11.4. The number of rotatable bonds is 6. The van der Waals surface area contributed by atoms with Gasteiger partial charge in [0.15, 0.2) is 9.84 Å².